The van der Waals surface area contributed by atoms with Crippen molar-refractivity contribution in [2.75, 3.05) is 0 Å². The first kappa shape index (κ1) is 12.0. The van der Waals surface area contributed by atoms with Crippen molar-refractivity contribution >= 4 is 17.9 Å². The summed E-state index contributed by atoms with van der Waals surface area (Å²) in [6.07, 6.45) is 4.77. The van der Waals surface area contributed by atoms with E-state index in [2.05, 4.69) is 22.2 Å². The summed E-state index contributed by atoms with van der Waals surface area (Å²) < 4.78 is 0.491. The zero-order valence-electron chi connectivity index (χ0n) is 8.24. The van der Waals surface area contributed by atoms with Crippen LogP contribution in [0.2, 0.25) is 0 Å². The highest BCUT2D eigenvalue weighted by Gasteiger charge is 2.00. The maximum Gasteiger partial charge on any atom is 0.285 e. The van der Waals surface area contributed by atoms with E-state index in [1.807, 2.05) is 18.2 Å². The Labute approximate surface area is 96.9 Å². The molecule has 0 saturated heterocycles. The molecule has 82 valence electrons. The topological polar surface area (TPSA) is 71.8 Å². The van der Waals surface area contributed by atoms with E-state index in [1.54, 1.807) is 12.4 Å². The molecule has 2 rings (SSSR count). The smallest absolute Gasteiger partial charge is 0.285 e. The number of nitro groups is 1. The number of nitrogens with one attached hydrogen (secondary N) is 1. The second-order valence-electron chi connectivity index (χ2n) is 2.69. The normalized spacial score (nSPS) is 8.75. The Kier molecular flexibility index (Phi) is 4.81. The Morgan fingerprint density at radius 3 is 2.25 bits per heavy atom. The summed E-state index contributed by atoms with van der Waals surface area (Å²) in [5.74, 6) is 0. The standard InChI is InChI=1S/C5H4N2O2S.C5H5N/c8-7(9)4-1-2-5(10)6-3-4;1-2-4-6-5-3-1/h1-3H,(H,6,10);1-5H. The van der Waals surface area contributed by atoms with E-state index in [0.29, 0.717) is 4.64 Å². The second-order valence-corrected chi connectivity index (χ2v) is 3.13. The van der Waals surface area contributed by atoms with E-state index < -0.39 is 4.92 Å². The van der Waals surface area contributed by atoms with E-state index in [1.165, 1.54) is 18.3 Å². The van der Waals surface area contributed by atoms with Crippen molar-refractivity contribution in [3.63, 3.8) is 0 Å². The SMILES string of the molecule is O=[N+]([O-])c1ccc(=S)[nH]c1.c1ccncc1. The maximum atomic E-state index is 10.1. The van der Waals surface area contributed by atoms with Crippen LogP contribution in [-0.2, 0) is 0 Å². The summed E-state index contributed by atoms with van der Waals surface area (Å²) in [5.41, 5.74) is 0.0219. The number of H-pyrrole nitrogens is 1. The summed E-state index contributed by atoms with van der Waals surface area (Å²) in [6, 6.07) is 8.55. The summed E-state index contributed by atoms with van der Waals surface area (Å²) in [5, 5.41) is 10.1. The number of rotatable bonds is 1. The van der Waals surface area contributed by atoms with Gasteiger partial charge in [-0.2, -0.15) is 0 Å². The molecule has 2 heterocycles. The molecule has 1 N–H and O–H groups in total. The highest BCUT2D eigenvalue weighted by Crippen LogP contribution is 2.05. The maximum absolute atomic E-state index is 10.1. The number of hydrogen-bond donors (Lipinski definition) is 1. The molecule has 0 spiro atoms. The molecule has 0 aliphatic rings. The van der Waals surface area contributed by atoms with Crippen LogP contribution in [-0.4, -0.2) is 14.9 Å². The molecule has 0 unspecified atom stereocenters. The highest BCUT2D eigenvalue weighted by molar-refractivity contribution is 7.71. The minimum Gasteiger partial charge on any atom is -0.347 e. The van der Waals surface area contributed by atoms with Crippen molar-refractivity contribution in [2.45, 2.75) is 0 Å². The van der Waals surface area contributed by atoms with Gasteiger partial charge in [-0.25, -0.2) is 0 Å². The van der Waals surface area contributed by atoms with Gasteiger partial charge in [0, 0.05) is 18.5 Å². The molecule has 5 nitrogen and oxygen atoms in total. The highest BCUT2D eigenvalue weighted by atomic mass is 32.1. The number of hydrogen-bond acceptors (Lipinski definition) is 4. The third kappa shape index (κ3) is 4.43. The third-order valence-electron chi connectivity index (χ3n) is 1.55. The van der Waals surface area contributed by atoms with E-state index >= 15 is 0 Å². The zero-order chi connectivity index (χ0) is 11.8. The number of aromatic amines is 1. The van der Waals surface area contributed by atoms with Crippen molar-refractivity contribution in [1.82, 2.24) is 9.97 Å². The Bertz CT molecular complexity index is 452. The predicted molar refractivity (Wildman–Crippen MR) is 62.5 cm³/mol. The minimum absolute atomic E-state index is 0.0219. The van der Waals surface area contributed by atoms with Gasteiger partial charge in [-0.05, 0) is 18.2 Å². The molecule has 6 heteroatoms. The first-order valence-corrected chi connectivity index (χ1v) is 4.79. The minimum atomic E-state index is -0.481. The number of pyridine rings is 2. The molecule has 2 aromatic rings. The van der Waals surface area contributed by atoms with Crippen molar-refractivity contribution in [3.05, 3.63) is 63.7 Å². The fraction of sp³-hybridized carbons (Fsp3) is 0. The summed E-state index contributed by atoms with van der Waals surface area (Å²) in [6.45, 7) is 0. The average Bonchev–Trinajstić information content (AvgIpc) is 2.32. The molecule has 0 saturated carbocycles. The van der Waals surface area contributed by atoms with Gasteiger partial charge in [0.15, 0.2) is 0 Å². The number of nitrogens with zero attached hydrogens (tertiary/aromatic N) is 2. The van der Waals surface area contributed by atoms with Crippen LogP contribution in [0.3, 0.4) is 0 Å². The third-order valence-corrected chi connectivity index (χ3v) is 1.80. The van der Waals surface area contributed by atoms with Gasteiger partial charge in [0.1, 0.15) is 4.64 Å². The van der Waals surface area contributed by atoms with Crippen LogP contribution in [0.1, 0.15) is 0 Å². The largest absolute Gasteiger partial charge is 0.347 e. The quantitative estimate of drug-likeness (QED) is 0.468. The van der Waals surface area contributed by atoms with Gasteiger partial charge in [0.2, 0.25) is 0 Å². The van der Waals surface area contributed by atoms with Crippen molar-refractivity contribution in [1.29, 1.82) is 0 Å². The van der Waals surface area contributed by atoms with Crippen molar-refractivity contribution < 1.29 is 4.92 Å². The van der Waals surface area contributed by atoms with Crippen LogP contribution in [0, 0.1) is 14.8 Å². The van der Waals surface area contributed by atoms with Gasteiger partial charge in [-0.15, -0.1) is 0 Å². The lowest BCUT2D eigenvalue weighted by Gasteiger charge is -1.87. The molecule has 0 radical (unpaired) electrons. The molecule has 0 aliphatic carbocycles. The summed E-state index contributed by atoms with van der Waals surface area (Å²) in [7, 11) is 0. The molecule has 2 aromatic heterocycles. The Hall–Kier alpha value is -2.08. The van der Waals surface area contributed by atoms with Gasteiger partial charge in [-0.3, -0.25) is 15.1 Å². The lowest BCUT2D eigenvalue weighted by Crippen LogP contribution is -1.87. The Balaban J connectivity index is 0.000000181. The lowest BCUT2D eigenvalue weighted by molar-refractivity contribution is -0.385. The molecular weight excluding hydrogens is 226 g/mol. The molecule has 0 aliphatic heterocycles. The molecule has 16 heavy (non-hydrogen) atoms. The lowest BCUT2D eigenvalue weighted by atomic mass is 10.4. The molecular formula is C10H9N3O2S. The van der Waals surface area contributed by atoms with Gasteiger partial charge in [-0.1, -0.05) is 18.3 Å². The fourth-order valence-corrected chi connectivity index (χ4v) is 0.955. The van der Waals surface area contributed by atoms with Gasteiger partial charge >= 0.3 is 0 Å². The van der Waals surface area contributed by atoms with E-state index in [-0.39, 0.29) is 5.69 Å². The monoisotopic (exact) mass is 235 g/mol. The van der Waals surface area contributed by atoms with Crippen LogP contribution >= 0.6 is 12.2 Å². The van der Waals surface area contributed by atoms with Crippen molar-refractivity contribution in [3.8, 4) is 0 Å². The number of aromatic nitrogens is 2. The van der Waals surface area contributed by atoms with Gasteiger partial charge in [0.05, 0.1) is 11.1 Å². The molecule has 0 atom stereocenters. The first-order valence-electron chi connectivity index (χ1n) is 4.38. The average molecular weight is 235 g/mol. The van der Waals surface area contributed by atoms with E-state index in [9.17, 15) is 10.1 Å². The van der Waals surface area contributed by atoms with Crippen LogP contribution < -0.4 is 0 Å². The summed E-state index contributed by atoms with van der Waals surface area (Å²) >= 11 is 4.68. The Morgan fingerprint density at radius 2 is 1.94 bits per heavy atom. The second kappa shape index (κ2) is 6.41. The van der Waals surface area contributed by atoms with Gasteiger partial charge < -0.3 is 4.98 Å². The van der Waals surface area contributed by atoms with Crippen LogP contribution in [0.15, 0.2) is 48.9 Å². The Morgan fingerprint density at radius 1 is 1.25 bits per heavy atom. The van der Waals surface area contributed by atoms with E-state index in [4.69, 9.17) is 0 Å². The van der Waals surface area contributed by atoms with Crippen LogP contribution in [0.25, 0.3) is 0 Å². The first-order chi connectivity index (χ1) is 7.70. The van der Waals surface area contributed by atoms with Gasteiger partial charge in [0.25, 0.3) is 5.69 Å². The van der Waals surface area contributed by atoms with Crippen LogP contribution in [0.4, 0.5) is 5.69 Å². The van der Waals surface area contributed by atoms with Crippen molar-refractivity contribution in [2.24, 2.45) is 0 Å². The fourth-order valence-electron chi connectivity index (χ4n) is 0.829. The summed E-state index contributed by atoms with van der Waals surface area (Å²) in [4.78, 5) is 15.9. The predicted octanol–water partition coefficient (Wildman–Crippen LogP) is 2.73. The molecule has 0 aromatic carbocycles. The van der Waals surface area contributed by atoms with Crippen LogP contribution in [0.5, 0.6) is 0 Å². The molecule has 0 amide bonds. The zero-order valence-corrected chi connectivity index (χ0v) is 9.05. The molecule has 0 bridgehead atoms. The van der Waals surface area contributed by atoms with E-state index in [0.717, 1.165) is 0 Å². The molecule has 0 fully saturated rings.